The largest absolute Gasteiger partial charge is 0.487 e. The van der Waals surface area contributed by atoms with Gasteiger partial charge in [0.1, 0.15) is 12.4 Å². The van der Waals surface area contributed by atoms with Gasteiger partial charge < -0.3 is 10.5 Å². The Hall–Kier alpha value is -1.99. The van der Waals surface area contributed by atoms with E-state index < -0.39 is 4.92 Å². The number of hydrogen-bond donors (Lipinski definition) is 1. The zero-order chi connectivity index (χ0) is 15.4. The summed E-state index contributed by atoms with van der Waals surface area (Å²) in [7, 11) is 0. The lowest BCUT2D eigenvalue weighted by atomic mass is 10.2. The fraction of sp³-hybridized carbons (Fsp3) is 0.214. The summed E-state index contributed by atoms with van der Waals surface area (Å²) < 4.78 is 6.29. The number of nitro groups is 1. The van der Waals surface area contributed by atoms with Crippen molar-refractivity contribution in [1.82, 2.24) is 4.98 Å². The van der Waals surface area contributed by atoms with Crippen molar-refractivity contribution in [1.29, 1.82) is 0 Å². The number of nitrogens with zero attached hydrogens (tertiary/aromatic N) is 2. The van der Waals surface area contributed by atoms with Gasteiger partial charge in [-0.25, -0.2) is 0 Å². The summed E-state index contributed by atoms with van der Waals surface area (Å²) in [5.74, 6) is 0.542. The van der Waals surface area contributed by atoms with Crippen LogP contribution < -0.4 is 10.5 Å². The maximum absolute atomic E-state index is 11.0. The van der Waals surface area contributed by atoms with Crippen LogP contribution in [0.5, 0.6) is 5.75 Å². The van der Waals surface area contributed by atoms with Gasteiger partial charge in [0.15, 0.2) is 0 Å². The van der Waals surface area contributed by atoms with Crippen LogP contribution >= 0.6 is 15.9 Å². The minimum Gasteiger partial charge on any atom is -0.487 e. The zero-order valence-electron chi connectivity index (χ0n) is 11.4. The molecule has 0 saturated heterocycles. The number of pyridine rings is 1. The molecular weight excluding hydrogens is 338 g/mol. The monoisotopic (exact) mass is 351 g/mol. The van der Waals surface area contributed by atoms with Crippen LogP contribution in [0.15, 0.2) is 34.8 Å². The molecular formula is C14H14BrN3O3. The topological polar surface area (TPSA) is 91.3 Å². The van der Waals surface area contributed by atoms with Crippen molar-refractivity contribution < 1.29 is 9.66 Å². The smallest absolute Gasteiger partial charge is 0.277 e. The molecule has 0 aliphatic rings. The van der Waals surface area contributed by atoms with E-state index in [0.29, 0.717) is 21.5 Å². The fourth-order valence-electron chi connectivity index (χ4n) is 1.86. The van der Waals surface area contributed by atoms with Crippen molar-refractivity contribution in [3.8, 4) is 5.75 Å². The third-order valence-corrected chi connectivity index (χ3v) is 3.39. The highest BCUT2D eigenvalue weighted by molar-refractivity contribution is 9.10. The van der Waals surface area contributed by atoms with Gasteiger partial charge in [0.25, 0.3) is 5.69 Å². The molecule has 0 aliphatic carbocycles. The van der Waals surface area contributed by atoms with E-state index in [9.17, 15) is 10.1 Å². The summed E-state index contributed by atoms with van der Waals surface area (Å²) >= 11 is 3.22. The molecule has 0 fully saturated rings. The summed E-state index contributed by atoms with van der Waals surface area (Å²) in [6.07, 6.45) is 0. The van der Waals surface area contributed by atoms with Crippen molar-refractivity contribution in [2.75, 3.05) is 0 Å². The Balaban J connectivity index is 2.22. The van der Waals surface area contributed by atoms with E-state index in [1.54, 1.807) is 18.2 Å². The highest BCUT2D eigenvalue weighted by Gasteiger charge is 2.15. The zero-order valence-corrected chi connectivity index (χ0v) is 13.0. The summed E-state index contributed by atoms with van der Waals surface area (Å²) in [6.45, 7) is 2.20. The van der Waals surface area contributed by atoms with E-state index in [1.807, 2.05) is 13.0 Å². The fourth-order valence-corrected chi connectivity index (χ4v) is 2.21. The third-order valence-electron chi connectivity index (χ3n) is 2.89. The molecule has 21 heavy (non-hydrogen) atoms. The van der Waals surface area contributed by atoms with Crippen LogP contribution in [0.4, 0.5) is 5.69 Å². The molecule has 1 aromatic carbocycles. The number of aryl methyl sites for hydroxylation is 1. The van der Waals surface area contributed by atoms with Crippen LogP contribution in [0.25, 0.3) is 0 Å². The van der Waals surface area contributed by atoms with Gasteiger partial charge in [0.05, 0.1) is 16.2 Å². The molecule has 0 radical (unpaired) electrons. The van der Waals surface area contributed by atoms with Crippen molar-refractivity contribution >= 4 is 21.6 Å². The maximum atomic E-state index is 11.0. The van der Waals surface area contributed by atoms with E-state index in [2.05, 4.69) is 20.9 Å². The Labute approximate surface area is 130 Å². The normalized spacial score (nSPS) is 10.4. The molecule has 2 rings (SSSR count). The molecule has 0 aliphatic heterocycles. The molecule has 110 valence electrons. The molecule has 0 unspecified atom stereocenters. The molecule has 0 spiro atoms. The number of ether oxygens (including phenoxy) is 1. The minimum absolute atomic E-state index is 0.0127. The van der Waals surface area contributed by atoms with Gasteiger partial charge in [-0.15, -0.1) is 0 Å². The van der Waals surface area contributed by atoms with Crippen LogP contribution in [0.2, 0.25) is 0 Å². The summed E-state index contributed by atoms with van der Waals surface area (Å²) in [6, 6.07) is 8.44. The standard InChI is InChI=1S/C14H14BrN3O3/c1-9-2-5-14(12(7-16)17-9)21-8-10-3-4-11(15)6-13(10)18(19)20/h2-6H,7-8,16H2,1H3. The number of nitro benzene ring substituents is 1. The van der Waals surface area contributed by atoms with Crippen LogP contribution in [-0.4, -0.2) is 9.91 Å². The van der Waals surface area contributed by atoms with Gasteiger partial charge in [0, 0.05) is 22.8 Å². The molecule has 0 atom stereocenters. The average Bonchev–Trinajstić information content (AvgIpc) is 2.46. The first-order valence-corrected chi connectivity index (χ1v) is 7.02. The molecule has 1 heterocycles. The van der Waals surface area contributed by atoms with Crippen LogP contribution in [0.3, 0.4) is 0 Å². The lowest BCUT2D eigenvalue weighted by Crippen LogP contribution is -2.07. The number of halogens is 1. The Morgan fingerprint density at radius 1 is 1.38 bits per heavy atom. The van der Waals surface area contributed by atoms with Gasteiger partial charge in [-0.1, -0.05) is 15.9 Å². The molecule has 0 amide bonds. The lowest BCUT2D eigenvalue weighted by Gasteiger charge is -2.10. The first-order valence-electron chi connectivity index (χ1n) is 6.23. The van der Waals surface area contributed by atoms with E-state index in [1.165, 1.54) is 6.07 Å². The second-order valence-corrected chi connectivity index (χ2v) is 5.34. The molecule has 6 nitrogen and oxygen atoms in total. The highest BCUT2D eigenvalue weighted by atomic mass is 79.9. The van der Waals surface area contributed by atoms with E-state index in [-0.39, 0.29) is 18.8 Å². The summed E-state index contributed by atoms with van der Waals surface area (Å²) in [5, 5.41) is 11.0. The van der Waals surface area contributed by atoms with E-state index >= 15 is 0 Å². The molecule has 7 heteroatoms. The van der Waals surface area contributed by atoms with Crippen molar-refractivity contribution in [2.45, 2.75) is 20.1 Å². The Morgan fingerprint density at radius 2 is 2.14 bits per heavy atom. The van der Waals surface area contributed by atoms with Gasteiger partial charge in [-0.2, -0.15) is 0 Å². The number of nitrogens with two attached hydrogens (primary N) is 1. The van der Waals surface area contributed by atoms with Crippen molar-refractivity contribution in [3.63, 3.8) is 0 Å². The van der Waals surface area contributed by atoms with E-state index in [4.69, 9.17) is 10.5 Å². The number of hydrogen-bond acceptors (Lipinski definition) is 5. The van der Waals surface area contributed by atoms with Gasteiger partial charge in [0.2, 0.25) is 0 Å². The third kappa shape index (κ3) is 3.77. The van der Waals surface area contributed by atoms with Crippen LogP contribution in [0.1, 0.15) is 17.0 Å². The Kier molecular flexibility index (Phi) is 4.87. The SMILES string of the molecule is Cc1ccc(OCc2ccc(Br)cc2[N+](=O)[O-])c(CN)n1. The Morgan fingerprint density at radius 3 is 2.81 bits per heavy atom. The minimum atomic E-state index is -0.430. The average molecular weight is 352 g/mol. The van der Waals surface area contributed by atoms with Gasteiger partial charge >= 0.3 is 0 Å². The molecule has 1 aromatic heterocycles. The molecule has 2 N–H and O–H groups in total. The number of rotatable bonds is 5. The maximum Gasteiger partial charge on any atom is 0.277 e. The van der Waals surface area contributed by atoms with Crippen LogP contribution in [-0.2, 0) is 13.2 Å². The second-order valence-electron chi connectivity index (χ2n) is 4.42. The molecule has 0 bridgehead atoms. The highest BCUT2D eigenvalue weighted by Crippen LogP contribution is 2.25. The van der Waals surface area contributed by atoms with E-state index in [0.717, 1.165) is 5.69 Å². The lowest BCUT2D eigenvalue weighted by molar-refractivity contribution is -0.385. The second kappa shape index (κ2) is 6.64. The first kappa shape index (κ1) is 15.4. The number of aromatic nitrogens is 1. The predicted octanol–water partition coefficient (Wildman–Crippen LogP) is 3.10. The Bertz CT molecular complexity index is 677. The van der Waals surface area contributed by atoms with Crippen molar-refractivity contribution in [2.24, 2.45) is 5.73 Å². The first-order chi connectivity index (χ1) is 10.0. The van der Waals surface area contributed by atoms with Crippen LogP contribution in [0, 0.1) is 17.0 Å². The number of benzene rings is 1. The molecule has 0 saturated carbocycles. The predicted molar refractivity (Wildman–Crippen MR) is 82.0 cm³/mol. The van der Waals surface area contributed by atoms with Gasteiger partial charge in [-0.05, 0) is 31.2 Å². The summed E-state index contributed by atoms with van der Waals surface area (Å²) in [5.41, 5.74) is 7.61. The van der Waals surface area contributed by atoms with Gasteiger partial charge in [-0.3, -0.25) is 15.1 Å². The summed E-state index contributed by atoms with van der Waals surface area (Å²) in [4.78, 5) is 14.9. The quantitative estimate of drug-likeness (QED) is 0.660. The molecule has 2 aromatic rings. The van der Waals surface area contributed by atoms with Crippen molar-refractivity contribution in [3.05, 3.63) is 61.9 Å².